The highest BCUT2D eigenvalue weighted by molar-refractivity contribution is 5.88. The van der Waals surface area contributed by atoms with Crippen molar-refractivity contribution in [2.24, 2.45) is 0 Å². The summed E-state index contributed by atoms with van der Waals surface area (Å²) in [7, 11) is 0. The smallest absolute Gasteiger partial charge is 0.350 e. The van der Waals surface area contributed by atoms with Crippen LogP contribution in [0, 0.1) is 5.21 Å². The Hall–Kier alpha value is -2.04. The molecule has 0 aliphatic heterocycles. The molecule has 2 aromatic rings. The number of quaternary nitrogens is 1. The zero-order chi connectivity index (χ0) is 11.4. The fourth-order valence-electron chi connectivity index (χ4n) is 1.35. The number of carbonyl (C=O) groups excluding carboxylic acids is 1. The summed E-state index contributed by atoms with van der Waals surface area (Å²) in [5.41, 5.74) is 0.715. The summed E-state index contributed by atoms with van der Waals surface area (Å²) in [5, 5.41) is 11.3. The maximum atomic E-state index is 11.8. The number of hydroxylamine groups is 1. The van der Waals surface area contributed by atoms with E-state index in [1.165, 1.54) is 6.20 Å². The van der Waals surface area contributed by atoms with Crippen molar-refractivity contribution in [3.8, 4) is 0 Å². The molecule has 16 heavy (non-hydrogen) atoms. The molecule has 0 aliphatic carbocycles. The first-order chi connectivity index (χ1) is 7.79. The van der Waals surface area contributed by atoms with Crippen molar-refractivity contribution in [3.63, 3.8) is 0 Å². The molecule has 1 aromatic heterocycles. The van der Waals surface area contributed by atoms with Crippen LogP contribution < -0.4 is 5.06 Å². The van der Waals surface area contributed by atoms with Gasteiger partial charge < -0.3 is 5.21 Å². The minimum Gasteiger partial charge on any atom is -0.621 e. The topological polar surface area (TPSA) is 57.5 Å². The first-order valence-corrected chi connectivity index (χ1v) is 4.83. The van der Waals surface area contributed by atoms with Gasteiger partial charge in [0, 0.05) is 12.4 Å². The van der Waals surface area contributed by atoms with E-state index in [1.54, 1.807) is 48.7 Å². The molecule has 0 radical (unpaired) electrons. The van der Waals surface area contributed by atoms with Crippen molar-refractivity contribution in [3.05, 3.63) is 65.6 Å². The van der Waals surface area contributed by atoms with Crippen molar-refractivity contribution < 1.29 is 9.86 Å². The zero-order valence-corrected chi connectivity index (χ0v) is 8.46. The molecule has 80 valence electrons. The van der Waals surface area contributed by atoms with Gasteiger partial charge in [-0.25, -0.2) is 4.79 Å². The molecule has 1 amide bonds. The quantitative estimate of drug-likeness (QED) is 0.757. The van der Waals surface area contributed by atoms with E-state index in [4.69, 9.17) is 0 Å². The Balaban J connectivity index is 2.24. The third-order valence-electron chi connectivity index (χ3n) is 2.17. The van der Waals surface area contributed by atoms with Crippen LogP contribution in [0.3, 0.4) is 0 Å². The van der Waals surface area contributed by atoms with Crippen LogP contribution in [0.4, 0.5) is 5.69 Å². The molecule has 1 unspecified atom stereocenters. The summed E-state index contributed by atoms with van der Waals surface area (Å²) in [6.45, 7) is 0. The Morgan fingerprint density at radius 2 is 1.88 bits per heavy atom. The minimum absolute atomic E-state index is 0.316. The van der Waals surface area contributed by atoms with E-state index in [2.05, 4.69) is 4.98 Å². The largest absolute Gasteiger partial charge is 0.621 e. The first-order valence-electron chi connectivity index (χ1n) is 4.83. The predicted octanol–water partition coefficient (Wildman–Crippen LogP) is 0.936. The van der Waals surface area contributed by atoms with E-state index in [0.717, 1.165) is 0 Å². The number of rotatable bonds is 2. The molecule has 1 N–H and O–H groups in total. The van der Waals surface area contributed by atoms with Crippen LogP contribution in [0.5, 0.6) is 0 Å². The van der Waals surface area contributed by atoms with Crippen LogP contribution in [-0.4, -0.2) is 10.9 Å². The number of nitrogens with zero attached hydrogens (tertiary/aromatic N) is 1. The van der Waals surface area contributed by atoms with E-state index in [0.29, 0.717) is 11.3 Å². The molecular weight excluding hydrogens is 204 g/mol. The van der Waals surface area contributed by atoms with Gasteiger partial charge in [-0.05, 0) is 24.3 Å². The van der Waals surface area contributed by atoms with Gasteiger partial charge in [-0.2, -0.15) is 0 Å². The van der Waals surface area contributed by atoms with Crippen LogP contribution in [0.1, 0.15) is 10.4 Å². The summed E-state index contributed by atoms with van der Waals surface area (Å²) in [6, 6.07) is 11.7. The van der Waals surface area contributed by atoms with Crippen molar-refractivity contribution in [1.82, 2.24) is 4.98 Å². The normalized spacial score (nSPS) is 12.1. The third kappa shape index (κ3) is 2.13. The Labute approximate surface area is 92.7 Å². The summed E-state index contributed by atoms with van der Waals surface area (Å²) in [4.78, 5) is 15.6. The number of amides is 1. The summed E-state index contributed by atoms with van der Waals surface area (Å²) in [6.07, 6.45) is 2.95. The number of carbonyl (C=O) groups is 1. The highest BCUT2D eigenvalue weighted by Gasteiger charge is 2.15. The van der Waals surface area contributed by atoms with E-state index in [1.807, 2.05) is 0 Å². The van der Waals surface area contributed by atoms with E-state index in [-0.39, 0.29) is 0 Å². The second kappa shape index (κ2) is 4.65. The second-order valence-electron chi connectivity index (χ2n) is 3.27. The van der Waals surface area contributed by atoms with Gasteiger partial charge in [0.1, 0.15) is 5.69 Å². The van der Waals surface area contributed by atoms with Crippen molar-refractivity contribution in [2.45, 2.75) is 0 Å². The lowest BCUT2D eigenvalue weighted by atomic mass is 10.2. The van der Waals surface area contributed by atoms with Crippen molar-refractivity contribution in [2.75, 3.05) is 0 Å². The van der Waals surface area contributed by atoms with Gasteiger partial charge in [-0.15, -0.1) is 0 Å². The van der Waals surface area contributed by atoms with Crippen LogP contribution in [-0.2, 0) is 0 Å². The number of para-hydroxylation sites is 1. The Morgan fingerprint density at radius 1 is 1.12 bits per heavy atom. The molecule has 0 spiro atoms. The average molecular weight is 214 g/mol. The number of pyridine rings is 1. The maximum absolute atomic E-state index is 11.8. The van der Waals surface area contributed by atoms with Gasteiger partial charge >= 0.3 is 5.91 Å². The Kier molecular flexibility index (Phi) is 3.05. The van der Waals surface area contributed by atoms with Crippen LogP contribution in [0.15, 0.2) is 54.9 Å². The number of aromatic nitrogens is 1. The standard InChI is InChI=1S/C12H10N2O2/c15-12(10-5-4-8-13-9-10)14(16)11-6-2-1-3-7-11/h1-9,14H. The molecule has 0 bridgehead atoms. The van der Waals surface area contributed by atoms with E-state index >= 15 is 0 Å². The maximum Gasteiger partial charge on any atom is 0.350 e. The predicted molar refractivity (Wildman–Crippen MR) is 59.0 cm³/mol. The van der Waals surface area contributed by atoms with Gasteiger partial charge in [0.25, 0.3) is 0 Å². The highest BCUT2D eigenvalue weighted by Crippen LogP contribution is 2.00. The first kappa shape index (κ1) is 10.5. The monoisotopic (exact) mass is 214 g/mol. The van der Waals surface area contributed by atoms with Gasteiger partial charge in [0.15, 0.2) is 0 Å². The zero-order valence-electron chi connectivity index (χ0n) is 8.46. The number of hydrogen-bond donors (Lipinski definition) is 1. The third-order valence-corrected chi connectivity index (χ3v) is 2.17. The van der Waals surface area contributed by atoms with Crippen molar-refractivity contribution >= 4 is 11.6 Å². The minimum atomic E-state index is -0.528. The number of benzene rings is 1. The van der Waals surface area contributed by atoms with E-state index < -0.39 is 11.0 Å². The lowest BCUT2D eigenvalue weighted by Gasteiger charge is -2.18. The molecule has 4 heteroatoms. The molecule has 1 atom stereocenters. The van der Waals surface area contributed by atoms with Gasteiger partial charge in [-0.3, -0.25) is 10.0 Å². The summed E-state index contributed by atoms with van der Waals surface area (Å²) < 4.78 is 0. The fraction of sp³-hybridized carbons (Fsp3) is 0. The number of nitrogens with one attached hydrogen (secondary N) is 1. The Bertz CT molecular complexity index is 471. The van der Waals surface area contributed by atoms with Gasteiger partial charge in [-0.1, -0.05) is 18.2 Å². The van der Waals surface area contributed by atoms with Crippen LogP contribution in [0.2, 0.25) is 0 Å². The molecule has 4 nitrogen and oxygen atoms in total. The lowest BCUT2D eigenvalue weighted by molar-refractivity contribution is -0.679. The van der Waals surface area contributed by atoms with Gasteiger partial charge in [0.2, 0.25) is 0 Å². The molecule has 0 aliphatic rings. The van der Waals surface area contributed by atoms with Crippen LogP contribution in [0.25, 0.3) is 0 Å². The van der Waals surface area contributed by atoms with E-state index in [9.17, 15) is 10.0 Å². The summed E-state index contributed by atoms with van der Waals surface area (Å²) in [5.74, 6) is -0.528. The SMILES string of the molecule is O=C(c1cccnc1)[NH+]([O-])c1ccccc1. The lowest BCUT2D eigenvalue weighted by Crippen LogP contribution is -3.05. The summed E-state index contributed by atoms with van der Waals surface area (Å²) >= 11 is 0. The Morgan fingerprint density at radius 3 is 2.50 bits per heavy atom. The molecule has 1 aromatic carbocycles. The second-order valence-corrected chi connectivity index (χ2v) is 3.27. The molecule has 2 rings (SSSR count). The molecule has 0 saturated carbocycles. The fourth-order valence-corrected chi connectivity index (χ4v) is 1.35. The molecule has 1 heterocycles. The number of hydrogen-bond acceptors (Lipinski definition) is 3. The highest BCUT2D eigenvalue weighted by atomic mass is 16.5. The molecular formula is C12H10N2O2. The molecule has 0 saturated heterocycles. The average Bonchev–Trinajstić information content (AvgIpc) is 2.39. The van der Waals surface area contributed by atoms with Gasteiger partial charge in [0.05, 0.1) is 5.56 Å². The molecule has 0 fully saturated rings. The van der Waals surface area contributed by atoms with Crippen LogP contribution >= 0.6 is 0 Å². The van der Waals surface area contributed by atoms with Crippen molar-refractivity contribution in [1.29, 1.82) is 0 Å².